The first-order valence-corrected chi connectivity index (χ1v) is 10.8. The number of hydrogen-bond donors (Lipinski definition) is 0. The van der Waals surface area contributed by atoms with E-state index in [0.717, 1.165) is 11.1 Å². The van der Waals surface area contributed by atoms with Crippen LogP contribution >= 0.6 is 23.2 Å². The lowest BCUT2D eigenvalue weighted by Crippen LogP contribution is -2.01. The van der Waals surface area contributed by atoms with Gasteiger partial charge in [0.2, 0.25) is 0 Å². The molecule has 8 heteroatoms. The molecule has 6 nitrogen and oxygen atoms in total. The van der Waals surface area contributed by atoms with Gasteiger partial charge in [0, 0.05) is 11.1 Å². The standard InChI is InChI=1S/C25H22Cl2N2O4/c1-30-19-11-9-15(13-21(19)32-3)24-23(27)25(16-10-12-20(31-2)22(14-16)33-4)29(28-24)18-8-6-5-7-17(18)26/h5-14H,1-4H3. The maximum absolute atomic E-state index is 6.97. The molecule has 0 aliphatic carbocycles. The quantitative estimate of drug-likeness (QED) is 0.297. The van der Waals surface area contributed by atoms with Crippen LogP contribution in [0.2, 0.25) is 10.0 Å². The summed E-state index contributed by atoms with van der Waals surface area (Å²) >= 11 is 13.5. The maximum atomic E-state index is 6.97. The second-order valence-corrected chi connectivity index (χ2v) is 7.80. The topological polar surface area (TPSA) is 54.7 Å². The van der Waals surface area contributed by atoms with Gasteiger partial charge >= 0.3 is 0 Å². The molecule has 0 amide bonds. The molecule has 0 N–H and O–H groups in total. The number of hydrogen-bond acceptors (Lipinski definition) is 5. The van der Waals surface area contributed by atoms with E-state index in [4.69, 9.17) is 47.2 Å². The molecule has 0 atom stereocenters. The van der Waals surface area contributed by atoms with Gasteiger partial charge in [-0.1, -0.05) is 35.3 Å². The number of aromatic nitrogens is 2. The largest absolute Gasteiger partial charge is 0.493 e. The summed E-state index contributed by atoms with van der Waals surface area (Å²) in [5.74, 6) is 2.38. The Hall–Kier alpha value is -3.35. The van der Waals surface area contributed by atoms with Crippen molar-refractivity contribution >= 4 is 23.2 Å². The van der Waals surface area contributed by atoms with E-state index >= 15 is 0 Å². The van der Waals surface area contributed by atoms with Crippen LogP contribution in [0.15, 0.2) is 60.7 Å². The van der Waals surface area contributed by atoms with Gasteiger partial charge in [0.1, 0.15) is 5.69 Å². The minimum atomic E-state index is 0.453. The molecular formula is C25H22Cl2N2O4. The fourth-order valence-electron chi connectivity index (χ4n) is 3.60. The van der Waals surface area contributed by atoms with Crippen LogP contribution in [0, 0.1) is 0 Å². The zero-order valence-electron chi connectivity index (χ0n) is 18.6. The number of methoxy groups -OCH3 is 4. The molecule has 0 fully saturated rings. The summed E-state index contributed by atoms with van der Waals surface area (Å²) in [4.78, 5) is 0. The van der Waals surface area contributed by atoms with E-state index in [1.165, 1.54) is 0 Å². The van der Waals surface area contributed by atoms with E-state index in [1.807, 2.05) is 54.6 Å². The number of nitrogens with zero attached hydrogens (tertiary/aromatic N) is 2. The molecule has 0 bridgehead atoms. The van der Waals surface area contributed by atoms with Crippen LogP contribution in [0.25, 0.3) is 28.2 Å². The van der Waals surface area contributed by atoms with Crippen LogP contribution in [0.3, 0.4) is 0 Å². The SMILES string of the molecule is COc1ccc(-c2nn(-c3ccccc3Cl)c(-c3ccc(OC)c(OC)c3)c2Cl)cc1OC. The second-order valence-electron chi connectivity index (χ2n) is 7.01. The minimum Gasteiger partial charge on any atom is -0.493 e. The Bertz CT molecular complexity index is 1300. The van der Waals surface area contributed by atoms with Crippen molar-refractivity contribution in [2.24, 2.45) is 0 Å². The zero-order valence-corrected chi connectivity index (χ0v) is 20.1. The molecule has 0 spiro atoms. The number of ether oxygens (including phenoxy) is 4. The summed E-state index contributed by atoms with van der Waals surface area (Å²) in [5.41, 5.74) is 3.48. The molecule has 4 aromatic rings. The van der Waals surface area contributed by atoms with Crippen molar-refractivity contribution in [2.75, 3.05) is 28.4 Å². The van der Waals surface area contributed by atoms with Crippen LogP contribution in [0.1, 0.15) is 0 Å². The number of para-hydroxylation sites is 1. The fraction of sp³-hybridized carbons (Fsp3) is 0.160. The first-order valence-electron chi connectivity index (χ1n) is 10.0. The summed E-state index contributed by atoms with van der Waals surface area (Å²) in [6.07, 6.45) is 0. The van der Waals surface area contributed by atoms with E-state index in [2.05, 4.69) is 0 Å². The average Bonchev–Trinajstić information content (AvgIpc) is 3.19. The highest BCUT2D eigenvalue weighted by molar-refractivity contribution is 6.36. The highest BCUT2D eigenvalue weighted by atomic mass is 35.5. The second kappa shape index (κ2) is 9.65. The van der Waals surface area contributed by atoms with Gasteiger partial charge in [-0.3, -0.25) is 0 Å². The smallest absolute Gasteiger partial charge is 0.161 e. The summed E-state index contributed by atoms with van der Waals surface area (Å²) in [7, 11) is 6.35. The summed E-state index contributed by atoms with van der Waals surface area (Å²) < 4.78 is 23.4. The Morgan fingerprint density at radius 3 is 1.79 bits per heavy atom. The van der Waals surface area contributed by atoms with Gasteiger partial charge < -0.3 is 18.9 Å². The minimum absolute atomic E-state index is 0.453. The fourth-order valence-corrected chi connectivity index (χ4v) is 4.15. The Labute approximate surface area is 202 Å². The predicted molar refractivity (Wildman–Crippen MR) is 131 cm³/mol. The normalized spacial score (nSPS) is 10.7. The van der Waals surface area contributed by atoms with Gasteiger partial charge in [-0.15, -0.1) is 0 Å². The van der Waals surface area contributed by atoms with Crippen molar-refractivity contribution < 1.29 is 18.9 Å². The van der Waals surface area contributed by atoms with Crippen LogP contribution in [0.4, 0.5) is 0 Å². The van der Waals surface area contributed by atoms with Crippen LogP contribution in [-0.2, 0) is 0 Å². The van der Waals surface area contributed by atoms with Crippen molar-refractivity contribution in [1.29, 1.82) is 0 Å². The van der Waals surface area contributed by atoms with Crippen LogP contribution in [0.5, 0.6) is 23.0 Å². The van der Waals surface area contributed by atoms with E-state index in [1.54, 1.807) is 39.2 Å². The van der Waals surface area contributed by atoms with Gasteiger partial charge in [-0.25, -0.2) is 4.68 Å². The monoisotopic (exact) mass is 484 g/mol. The van der Waals surface area contributed by atoms with Crippen molar-refractivity contribution in [1.82, 2.24) is 9.78 Å². The van der Waals surface area contributed by atoms with Gasteiger partial charge in [0.25, 0.3) is 0 Å². The lowest BCUT2D eigenvalue weighted by Gasteiger charge is -2.12. The lowest BCUT2D eigenvalue weighted by atomic mass is 10.1. The summed E-state index contributed by atoms with van der Waals surface area (Å²) in [5, 5.41) is 5.84. The van der Waals surface area contributed by atoms with Crippen molar-refractivity contribution in [3.05, 3.63) is 70.7 Å². The highest BCUT2D eigenvalue weighted by Gasteiger charge is 2.23. The predicted octanol–water partition coefficient (Wildman–Crippen LogP) is 6.55. The third-order valence-electron chi connectivity index (χ3n) is 5.22. The Morgan fingerprint density at radius 1 is 0.667 bits per heavy atom. The molecule has 0 aliphatic rings. The van der Waals surface area contributed by atoms with Gasteiger partial charge in [0.05, 0.1) is 49.9 Å². The Kier molecular flexibility index (Phi) is 6.67. The van der Waals surface area contributed by atoms with Crippen molar-refractivity contribution in [3.63, 3.8) is 0 Å². The number of rotatable bonds is 7. The van der Waals surface area contributed by atoms with E-state index in [0.29, 0.717) is 50.1 Å². The van der Waals surface area contributed by atoms with Gasteiger partial charge in [-0.05, 0) is 48.5 Å². The Morgan fingerprint density at radius 2 is 1.21 bits per heavy atom. The molecular weight excluding hydrogens is 463 g/mol. The molecule has 1 heterocycles. The highest BCUT2D eigenvalue weighted by Crippen LogP contribution is 2.43. The summed E-state index contributed by atoms with van der Waals surface area (Å²) in [6, 6.07) is 18.6. The van der Waals surface area contributed by atoms with Crippen molar-refractivity contribution in [2.45, 2.75) is 0 Å². The summed E-state index contributed by atoms with van der Waals surface area (Å²) in [6.45, 7) is 0. The third-order valence-corrected chi connectivity index (χ3v) is 5.90. The third kappa shape index (κ3) is 4.19. The molecule has 0 saturated heterocycles. The van der Waals surface area contributed by atoms with Gasteiger partial charge in [0.15, 0.2) is 23.0 Å². The molecule has 0 saturated carbocycles. The van der Waals surface area contributed by atoms with E-state index < -0.39 is 0 Å². The molecule has 170 valence electrons. The molecule has 0 radical (unpaired) electrons. The first-order chi connectivity index (χ1) is 16.0. The van der Waals surface area contributed by atoms with Crippen LogP contribution in [-0.4, -0.2) is 38.2 Å². The molecule has 3 aromatic carbocycles. The first kappa shape index (κ1) is 22.8. The molecule has 1 aromatic heterocycles. The van der Waals surface area contributed by atoms with E-state index in [-0.39, 0.29) is 0 Å². The zero-order chi connectivity index (χ0) is 23.5. The Balaban J connectivity index is 1.98. The van der Waals surface area contributed by atoms with Crippen LogP contribution < -0.4 is 18.9 Å². The molecule has 0 aliphatic heterocycles. The van der Waals surface area contributed by atoms with Gasteiger partial charge in [-0.2, -0.15) is 5.10 Å². The molecule has 0 unspecified atom stereocenters. The molecule has 33 heavy (non-hydrogen) atoms. The lowest BCUT2D eigenvalue weighted by molar-refractivity contribution is 0.355. The number of halogens is 2. The van der Waals surface area contributed by atoms with Crippen molar-refractivity contribution in [3.8, 4) is 51.2 Å². The number of benzene rings is 3. The molecule has 4 rings (SSSR count). The van der Waals surface area contributed by atoms with E-state index in [9.17, 15) is 0 Å². The maximum Gasteiger partial charge on any atom is 0.161 e. The average molecular weight is 485 g/mol.